The molecule has 1 aliphatic rings. The van der Waals surface area contributed by atoms with E-state index >= 15 is 0 Å². The van der Waals surface area contributed by atoms with Crippen LogP contribution in [0.2, 0.25) is 0 Å². The monoisotopic (exact) mass is 233 g/mol. The number of hydrogen-bond acceptors (Lipinski definition) is 3. The molecule has 1 atom stereocenters. The molecule has 0 bridgehead atoms. The first kappa shape index (κ1) is 12.0. The molecular formula is C14H19NO2. The van der Waals surface area contributed by atoms with Crippen molar-refractivity contribution >= 4 is 5.90 Å². The van der Waals surface area contributed by atoms with Gasteiger partial charge in [-0.25, -0.2) is 0 Å². The van der Waals surface area contributed by atoms with Crippen LogP contribution in [0, 0.1) is 5.41 Å². The van der Waals surface area contributed by atoms with Gasteiger partial charge in [0, 0.05) is 0 Å². The van der Waals surface area contributed by atoms with Crippen molar-refractivity contribution in [2.75, 3.05) is 13.7 Å². The van der Waals surface area contributed by atoms with Gasteiger partial charge in [0.1, 0.15) is 5.75 Å². The van der Waals surface area contributed by atoms with Crippen LogP contribution in [0.5, 0.6) is 5.75 Å². The van der Waals surface area contributed by atoms with Crippen molar-refractivity contribution in [2.45, 2.75) is 32.1 Å². The fourth-order valence-electron chi connectivity index (χ4n) is 2.43. The predicted molar refractivity (Wildman–Crippen MR) is 68.0 cm³/mol. The van der Waals surface area contributed by atoms with Crippen LogP contribution in [0.15, 0.2) is 18.2 Å². The largest absolute Gasteiger partial charge is 0.497 e. The van der Waals surface area contributed by atoms with Crippen molar-refractivity contribution < 1.29 is 9.47 Å². The van der Waals surface area contributed by atoms with Gasteiger partial charge in [-0.15, -0.1) is 0 Å². The highest BCUT2D eigenvalue weighted by Gasteiger charge is 2.25. The number of methoxy groups -OCH3 is 1. The van der Waals surface area contributed by atoms with Gasteiger partial charge in [0.2, 0.25) is 0 Å². The molecule has 1 N–H and O–H groups in total. The molecule has 1 aliphatic carbocycles. The molecule has 2 rings (SSSR count). The number of ether oxygens (including phenoxy) is 2. The lowest BCUT2D eigenvalue weighted by molar-refractivity contribution is 0.303. The predicted octanol–water partition coefficient (Wildman–Crippen LogP) is 3.13. The zero-order valence-electron chi connectivity index (χ0n) is 10.5. The first-order chi connectivity index (χ1) is 8.26. The van der Waals surface area contributed by atoms with E-state index in [1.165, 1.54) is 11.1 Å². The average molecular weight is 233 g/mol. The maximum atomic E-state index is 7.98. The van der Waals surface area contributed by atoms with Crippen molar-refractivity contribution in [3.8, 4) is 5.75 Å². The smallest absolute Gasteiger partial charge is 0.188 e. The van der Waals surface area contributed by atoms with Gasteiger partial charge >= 0.3 is 0 Å². The summed E-state index contributed by atoms with van der Waals surface area (Å²) in [5, 5.41) is 7.98. The molecule has 0 aromatic heterocycles. The lowest BCUT2D eigenvalue weighted by atomic mass is 9.82. The second-order valence-corrected chi connectivity index (χ2v) is 4.31. The molecule has 1 aromatic carbocycles. The van der Waals surface area contributed by atoms with E-state index in [2.05, 4.69) is 6.07 Å². The lowest BCUT2D eigenvalue weighted by Crippen LogP contribution is -2.20. The summed E-state index contributed by atoms with van der Waals surface area (Å²) in [6.07, 6.45) is 3.22. The highest BCUT2D eigenvalue weighted by atomic mass is 16.5. The minimum absolute atomic E-state index is 0.105. The normalized spacial score (nSPS) is 18.4. The molecule has 0 radical (unpaired) electrons. The quantitative estimate of drug-likeness (QED) is 0.643. The molecule has 0 heterocycles. The van der Waals surface area contributed by atoms with Crippen molar-refractivity contribution in [1.29, 1.82) is 5.41 Å². The molecule has 3 heteroatoms. The van der Waals surface area contributed by atoms with Crippen molar-refractivity contribution in [2.24, 2.45) is 0 Å². The van der Waals surface area contributed by atoms with E-state index in [9.17, 15) is 0 Å². The van der Waals surface area contributed by atoms with Crippen molar-refractivity contribution in [1.82, 2.24) is 0 Å². The maximum absolute atomic E-state index is 7.98. The molecule has 17 heavy (non-hydrogen) atoms. The Hall–Kier alpha value is -1.51. The van der Waals surface area contributed by atoms with Gasteiger partial charge in [-0.05, 0) is 49.4 Å². The third-order valence-corrected chi connectivity index (χ3v) is 3.28. The summed E-state index contributed by atoms with van der Waals surface area (Å²) < 4.78 is 10.6. The number of hydrogen-bond donors (Lipinski definition) is 1. The summed E-state index contributed by atoms with van der Waals surface area (Å²) in [6.45, 7) is 2.48. The molecule has 1 aromatic rings. The topological polar surface area (TPSA) is 42.3 Å². The lowest BCUT2D eigenvalue weighted by Gasteiger charge is -2.26. The van der Waals surface area contributed by atoms with Gasteiger partial charge in [-0.2, -0.15) is 0 Å². The summed E-state index contributed by atoms with van der Waals surface area (Å²) in [5.41, 5.74) is 2.53. The Balaban J connectivity index is 2.31. The van der Waals surface area contributed by atoms with Crippen LogP contribution in [0.1, 0.15) is 36.8 Å². The summed E-state index contributed by atoms with van der Waals surface area (Å²) in [4.78, 5) is 0. The number of nitrogens with one attached hydrogen (secondary N) is 1. The van der Waals surface area contributed by atoms with Crippen LogP contribution >= 0.6 is 0 Å². The van der Waals surface area contributed by atoms with Crippen molar-refractivity contribution in [3.63, 3.8) is 0 Å². The van der Waals surface area contributed by atoms with Crippen LogP contribution in [0.4, 0.5) is 0 Å². The van der Waals surface area contributed by atoms with Gasteiger partial charge in [-0.3, -0.25) is 5.41 Å². The molecule has 0 saturated carbocycles. The van der Waals surface area contributed by atoms with Gasteiger partial charge in [-0.1, -0.05) is 6.07 Å². The molecule has 0 amide bonds. The Kier molecular flexibility index (Phi) is 3.67. The Bertz CT molecular complexity index is 415. The first-order valence-corrected chi connectivity index (χ1v) is 6.14. The minimum atomic E-state index is 0.105. The molecule has 1 unspecified atom stereocenters. The molecule has 0 aliphatic heterocycles. The number of benzene rings is 1. The molecule has 0 saturated heterocycles. The number of fused-ring (bicyclic) bond motifs is 1. The Morgan fingerprint density at radius 3 is 3.00 bits per heavy atom. The van der Waals surface area contributed by atoms with E-state index in [0.717, 1.165) is 25.0 Å². The summed E-state index contributed by atoms with van der Waals surface area (Å²) in [7, 11) is 1.67. The fraction of sp³-hybridized carbons (Fsp3) is 0.500. The van der Waals surface area contributed by atoms with Crippen molar-refractivity contribution in [3.05, 3.63) is 29.3 Å². The van der Waals surface area contributed by atoms with Gasteiger partial charge in [0.25, 0.3) is 0 Å². The highest BCUT2D eigenvalue weighted by molar-refractivity contribution is 5.81. The summed E-state index contributed by atoms with van der Waals surface area (Å²) >= 11 is 0. The van der Waals surface area contributed by atoms with E-state index in [1.54, 1.807) is 7.11 Å². The standard InChI is InChI=1S/C14H19NO2/c1-3-17-14(15)12-6-4-5-10-7-8-11(16-2)9-13(10)12/h7-9,12,15H,3-6H2,1-2H3. The summed E-state index contributed by atoms with van der Waals surface area (Å²) in [6, 6.07) is 6.15. The SMILES string of the molecule is CCOC(=N)C1CCCc2ccc(OC)cc21. The van der Waals surface area contributed by atoms with E-state index < -0.39 is 0 Å². The maximum Gasteiger partial charge on any atom is 0.188 e. The average Bonchev–Trinajstić information content (AvgIpc) is 2.37. The van der Waals surface area contributed by atoms with Crippen LogP contribution in [-0.2, 0) is 11.2 Å². The summed E-state index contributed by atoms with van der Waals surface area (Å²) in [5.74, 6) is 1.36. The second kappa shape index (κ2) is 5.21. The fourth-order valence-corrected chi connectivity index (χ4v) is 2.43. The van der Waals surface area contributed by atoms with Crippen LogP contribution in [-0.4, -0.2) is 19.6 Å². The number of rotatable bonds is 3. The third kappa shape index (κ3) is 2.43. The Morgan fingerprint density at radius 1 is 1.47 bits per heavy atom. The van der Waals surface area contributed by atoms with Crippen LogP contribution in [0.25, 0.3) is 0 Å². The Labute approximate surface area is 102 Å². The van der Waals surface area contributed by atoms with E-state index in [0.29, 0.717) is 12.5 Å². The Morgan fingerprint density at radius 2 is 2.29 bits per heavy atom. The van der Waals surface area contributed by atoms with E-state index in [-0.39, 0.29) is 5.92 Å². The minimum Gasteiger partial charge on any atom is -0.497 e. The number of aryl methyl sites for hydroxylation is 1. The highest BCUT2D eigenvalue weighted by Crippen LogP contribution is 2.34. The molecule has 3 nitrogen and oxygen atoms in total. The van der Waals surface area contributed by atoms with Gasteiger partial charge in [0.05, 0.1) is 19.6 Å². The zero-order valence-corrected chi connectivity index (χ0v) is 10.5. The molecule has 0 fully saturated rings. The van der Waals surface area contributed by atoms with Gasteiger partial charge in [0.15, 0.2) is 5.90 Å². The van der Waals surface area contributed by atoms with Crippen LogP contribution < -0.4 is 4.74 Å². The third-order valence-electron chi connectivity index (χ3n) is 3.28. The van der Waals surface area contributed by atoms with Gasteiger partial charge < -0.3 is 9.47 Å². The second-order valence-electron chi connectivity index (χ2n) is 4.31. The zero-order chi connectivity index (χ0) is 12.3. The molecular weight excluding hydrogens is 214 g/mol. The molecule has 0 spiro atoms. The first-order valence-electron chi connectivity index (χ1n) is 6.14. The van der Waals surface area contributed by atoms with Crippen LogP contribution in [0.3, 0.4) is 0 Å². The van der Waals surface area contributed by atoms with E-state index in [1.807, 2.05) is 19.1 Å². The van der Waals surface area contributed by atoms with E-state index in [4.69, 9.17) is 14.9 Å². The molecule has 92 valence electrons.